The monoisotopic (exact) mass is 142 g/mol. The third-order valence-electron chi connectivity index (χ3n) is 1.11. The van der Waals surface area contributed by atoms with E-state index in [-0.39, 0.29) is 5.97 Å². The Hall–Kier alpha value is -0.790. The highest BCUT2D eigenvalue weighted by atomic mass is 16.5. The summed E-state index contributed by atoms with van der Waals surface area (Å²) < 4.78 is 4.74. The minimum absolute atomic E-state index is 0.333. The molecule has 0 aromatic rings. The fourth-order valence-corrected chi connectivity index (χ4v) is 0.454. The fraction of sp³-hybridized carbons (Fsp3) is 0.625. The predicted molar refractivity (Wildman–Crippen MR) is 40.6 cm³/mol. The maximum atomic E-state index is 10.5. The van der Waals surface area contributed by atoms with E-state index in [0.717, 1.165) is 6.42 Å². The molecule has 0 heterocycles. The number of carbonyl (C=O) groups is 1. The van der Waals surface area contributed by atoms with Gasteiger partial charge in [0.1, 0.15) is 0 Å². The van der Waals surface area contributed by atoms with Crippen molar-refractivity contribution in [2.45, 2.75) is 20.3 Å². The zero-order chi connectivity index (χ0) is 7.98. The first kappa shape index (κ1) is 9.21. The Morgan fingerprint density at radius 3 is 2.70 bits per heavy atom. The van der Waals surface area contributed by atoms with Crippen LogP contribution in [0.5, 0.6) is 0 Å². The van der Waals surface area contributed by atoms with Crippen molar-refractivity contribution in [1.29, 1.82) is 0 Å². The van der Waals surface area contributed by atoms with Gasteiger partial charge in [-0.25, -0.2) is 4.79 Å². The van der Waals surface area contributed by atoms with Gasteiger partial charge < -0.3 is 4.74 Å². The molecule has 0 fully saturated rings. The van der Waals surface area contributed by atoms with E-state index >= 15 is 0 Å². The molecular formula is C8H14O2. The first-order valence-electron chi connectivity index (χ1n) is 3.46. The summed E-state index contributed by atoms with van der Waals surface area (Å²) in [4.78, 5) is 10.5. The molecule has 0 aromatic carbocycles. The van der Waals surface area contributed by atoms with Crippen LogP contribution < -0.4 is 0 Å². The van der Waals surface area contributed by atoms with E-state index in [1.807, 2.05) is 0 Å². The van der Waals surface area contributed by atoms with E-state index in [4.69, 9.17) is 4.74 Å². The molecule has 0 aliphatic rings. The van der Waals surface area contributed by atoms with Gasteiger partial charge in [-0.1, -0.05) is 20.4 Å². The molecule has 0 rings (SSSR count). The summed E-state index contributed by atoms with van der Waals surface area (Å²) in [6.45, 7) is 7.96. The first-order valence-corrected chi connectivity index (χ1v) is 3.46. The highest BCUT2D eigenvalue weighted by molar-refractivity contribution is 5.81. The van der Waals surface area contributed by atoms with Crippen LogP contribution in [-0.2, 0) is 9.53 Å². The summed E-state index contributed by atoms with van der Waals surface area (Å²) in [5.41, 5.74) is 0. The summed E-state index contributed by atoms with van der Waals surface area (Å²) in [7, 11) is 0. The smallest absolute Gasteiger partial charge is 0.330 e. The lowest BCUT2D eigenvalue weighted by Crippen LogP contribution is -2.03. The summed E-state index contributed by atoms with van der Waals surface area (Å²) in [5, 5.41) is 0. The first-order chi connectivity index (χ1) is 4.66. The van der Waals surface area contributed by atoms with Crippen LogP contribution in [0.4, 0.5) is 0 Å². The van der Waals surface area contributed by atoms with Gasteiger partial charge in [0.2, 0.25) is 0 Å². The fourth-order valence-electron chi connectivity index (χ4n) is 0.454. The third kappa shape index (κ3) is 5.35. The maximum Gasteiger partial charge on any atom is 0.330 e. The van der Waals surface area contributed by atoms with Gasteiger partial charge in [0.05, 0.1) is 6.61 Å². The van der Waals surface area contributed by atoms with Crippen molar-refractivity contribution in [3.63, 3.8) is 0 Å². The molecule has 0 aliphatic heterocycles. The molecule has 2 heteroatoms. The normalized spacial score (nSPS) is 9.50. The van der Waals surface area contributed by atoms with Crippen LogP contribution in [0.15, 0.2) is 12.7 Å². The van der Waals surface area contributed by atoms with Gasteiger partial charge in [-0.05, 0) is 12.3 Å². The van der Waals surface area contributed by atoms with Gasteiger partial charge in [-0.3, -0.25) is 0 Å². The highest BCUT2D eigenvalue weighted by Gasteiger charge is 1.96. The zero-order valence-electron chi connectivity index (χ0n) is 6.59. The van der Waals surface area contributed by atoms with Crippen LogP contribution in [0.25, 0.3) is 0 Å². The quantitative estimate of drug-likeness (QED) is 0.441. The number of esters is 1. The molecule has 0 amide bonds. The summed E-state index contributed by atoms with van der Waals surface area (Å²) in [6.07, 6.45) is 2.10. The minimum atomic E-state index is -0.333. The Morgan fingerprint density at radius 2 is 2.30 bits per heavy atom. The van der Waals surface area contributed by atoms with E-state index < -0.39 is 0 Å². The molecule has 2 nitrogen and oxygen atoms in total. The average molecular weight is 142 g/mol. The van der Waals surface area contributed by atoms with Crippen molar-refractivity contribution in [2.24, 2.45) is 5.92 Å². The Labute approximate surface area is 61.9 Å². The Bertz CT molecular complexity index is 116. The van der Waals surface area contributed by atoms with Crippen molar-refractivity contribution in [2.75, 3.05) is 6.61 Å². The predicted octanol–water partition coefficient (Wildman–Crippen LogP) is 1.76. The average Bonchev–Trinajstić information content (AvgIpc) is 1.87. The number of rotatable bonds is 4. The van der Waals surface area contributed by atoms with Crippen molar-refractivity contribution in [1.82, 2.24) is 0 Å². The summed E-state index contributed by atoms with van der Waals surface area (Å²) in [5.74, 6) is 0.248. The molecule has 0 aliphatic carbocycles. The molecular weight excluding hydrogens is 128 g/mol. The lowest BCUT2D eigenvalue weighted by Gasteiger charge is -2.03. The second-order valence-electron chi connectivity index (χ2n) is 2.55. The van der Waals surface area contributed by atoms with Crippen LogP contribution in [0.1, 0.15) is 20.3 Å². The third-order valence-corrected chi connectivity index (χ3v) is 1.11. The standard InChI is InChI=1S/C8H14O2/c1-4-8(9)10-6-5-7(2)3/h4,7H,1,5-6H2,2-3H3. The molecule has 0 radical (unpaired) electrons. The van der Waals surface area contributed by atoms with E-state index in [1.54, 1.807) is 0 Å². The van der Waals surface area contributed by atoms with E-state index in [2.05, 4.69) is 20.4 Å². The van der Waals surface area contributed by atoms with Crippen LogP contribution in [0.2, 0.25) is 0 Å². The summed E-state index contributed by atoms with van der Waals surface area (Å²) in [6, 6.07) is 0. The van der Waals surface area contributed by atoms with Gasteiger partial charge in [0, 0.05) is 6.08 Å². The molecule has 0 spiro atoms. The number of ether oxygens (including phenoxy) is 1. The minimum Gasteiger partial charge on any atom is -0.463 e. The Morgan fingerprint density at radius 1 is 1.70 bits per heavy atom. The van der Waals surface area contributed by atoms with Gasteiger partial charge in [0.25, 0.3) is 0 Å². The molecule has 10 heavy (non-hydrogen) atoms. The zero-order valence-corrected chi connectivity index (χ0v) is 6.59. The van der Waals surface area contributed by atoms with Crippen molar-refractivity contribution < 1.29 is 9.53 Å². The van der Waals surface area contributed by atoms with Crippen molar-refractivity contribution in [3.8, 4) is 0 Å². The second-order valence-corrected chi connectivity index (χ2v) is 2.55. The van der Waals surface area contributed by atoms with Crippen molar-refractivity contribution in [3.05, 3.63) is 12.7 Å². The van der Waals surface area contributed by atoms with Crippen LogP contribution in [0, 0.1) is 5.92 Å². The molecule has 0 unspecified atom stereocenters. The number of hydrogen-bond donors (Lipinski definition) is 0. The van der Waals surface area contributed by atoms with Crippen LogP contribution in [-0.4, -0.2) is 12.6 Å². The highest BCUT2D eigenvalue weighted by Crippen LogP contribution is 1.98. The van der Waals surface area contributed by atoms with E-state index in [1.165, 1.54) is 6.08 Å². The maximum absolute atomic E-state index is 10.5. The molecule has 0 aromatic heterocycles. The molecule has 0 bridgehead atoms. The van der Waals surface area contributed by atoms with Gasteiger partial charge in [0.15, 0.2) is 0 Å². The van der Waals surface area contributed by atoms with Crippen molar-refractivity contribution >= 4 is 5.97 Å². The number of hydrogen-bond acceptors (Lipinski definition) is 2. The van der Waals surface area contributed by atoms with E-state index in [0.29, 0.717) is 12.5 Å². The lowest BCUT2D eigenvalue weighted by atomic mass is 10.1. The second kappa shape index (κ2) is 5.03. The largest absolute Gasteiger partial charge is 0.463 e. The molecule has 0 saturated carbocycles. The van der Waals surface area contributed by atoms with Gasteiger partial charge in [-0.2, -0.15) is 0 Å². The summed E-state index contributed by atoms with van der Waals surface area (Å²) >= 11 is 0. The number of carbonyl (C=O) groups excluding carboxylic acids is 1. The molecule has 58 valence electrons. The topological polar surface area (TPSA) is 26.3 Å². The lowest BCUT2D eigenvalue weighted by molar-refractivity contribution is -0.138. The van der Waals surface area contributed by atoms with Gasteiger partial charge >= 0.3 is 5.97 Å². The SMILES string of the molecule is C=CC(=O)OCCC(C)C. The van der Waals surface area contributed by atoms with Crippen LogP contribution >= 0.6 is 0 Å². The molecule has 0 atom stereocenters. The molecule has 0 N–H and O–H groups in total. The van der Waals surface area contributed by atoms with Gasteiger partial charge in [-0.15, -0.1) is 0 Å². The van der Waals surface area contributed by atoms with E-state index in [9.17, 15) is 4.79 Å². The Kier molecular flexibility index (Phi) is 4.63. The Balaban J connectivity index is 3.19. The molecule has 0 saturated heterocycles. The van der Waals surface area contributed by atoms with Crippen LogP contribution in [0.3, 0.4) is 0 Å².